The third kappa shape index (κ3) is 5.98. The van der Waals surface area contributed by atoms with E-state index in [0.29, 0.717) is 30.0 Å². The summed E-state index contributed by atoms with van der Waals surface area (Å²) in [5.74, 6) is -0.396. The topological polar surface area (TPSA) is 86.8 Å². The summed E-state index contributed by atoms with van der Waals surface area (Å²) < 4.78 is 28.2. The highest BCUT2D eigenvalue weighted by Gasteiger charge is 2.36. The van der Waals surface area contributed by atoms with Crippen molar-refractivity contribution in [1.82, 2.24) is 10.2 Å². The first kappa shape index (κ1) is 28.4. The number of rotatable bonds is 11. The fourth-order valence-electron chi connectivity index (χ4n) is 5.57. The number of aryl methyl sites for hydroxylation is 1. The van der Waals surface area contributed by atoms with Crippen LogP contribution < -0.4 is 9.62 Å². The molecule has 5 rings (SSSR count). The highest BCUT2D eigenvalue weighted by Crippen LogP contribution is 2.42. The highest BCUT2D eigenvalue weighted by molar-refractivity contribution is 7.93. The fourth-order valence-corrected chi connectivity index (χ4v) is 7.32. The van der Waals surface area contributed by atoms with Crippen molar-refractivity contribution in [1.29, 1.82) is 0 Å². The maximum atomic E-state index is 13.9. The largest absolute Gasteiger partial charge is 0.355 e. The SMILES string of the molecule is CCNC(=O)[C@@H](Cc1ccccc1)N(Cc1cccc(C)c1)C(=O)CCCN1c2cccc3cccc(c23)S1(=O)=O. The molecule has 1 aliphatic heterocycles. The van der Waals surface area contributed by atoms with E-state index in [4.69, 9.17) is 0 Å². The summed E-state index contributed by atoms with van der Waals surface area (Å²) in [6.45, 7) is 4.76. The van der Waals surface area contributed by atoms with E-state index in [1.54, 1.807) is 17.0 Å². The Bertz CT molecular complexity index is 1670. The zero-order chi connectivity index (χ0) is 29.0. The Morgan fingerprint density at radius 1 is 0.902 bits per heavy atom. The Balaban J connectivity index is 1.39. The highest BCUT2D eigenvalue weighted by atomic mass is 32.2. The number of sulfonamides is 1. The summed E-state index contributed by atoms with van der Waals surface area (Å²) >= 11 is 0. The van der Waals surface area contributed by atoms with Gasteiger partial charge in [-0.1, -0.05) is 84.4 Å². The maximum absolute atomic E-state index is 13.9. The summed E-state index contributed by atoms with van der Waals surface area (Å²) in [6.07, 6.45) is 0.803. The number of nitrogens with one attached hydrogen (secondary N) is 1. The molecule has 1 aliphatic rings. The second-order valence-corrected chi connectivity index (χ2v) is 12.3. The Hall–Kier alpha value is -4.17. The van der Waals surface area contributed by atoms with E-state index in [1.807, 2.05) is 92.7 Å². The minimum absolute atomic E-state index is 0.106. The Morgan fingerprint density at radius 2 is 1.61 bits per heavy atom. The molecular weight excluding hydrogens is 534 g/mol. The van der Waals surface area contributed by atoms with Crippen LogP contribution in [0.4, 0.5) is 5.69 Å². The predicted octanol–water partition coefficient (Wildman–Crippen LogP) is 5.21. The lowest BCUT2D eigenvalue weighted by molar-refractivity contribution is -0.141. The Kier molecular flexibility index (Phi) is 8.40. The van der Waals surface area contributed by atoms with E-state index in [2.05, 4.69) is 5.32 Å². The molecule has 0 fully saturated rings. The molecule has 1 N–H and O–H groups in total. The smallest absolute Gasteiger partial charge is 0.265 e. The first-order valence-corrected chi connectivity index (χ1v) is 15.4. The van der Waals surface area contributed by atoms with E-state index < -0.39 is 16.1 Å². The van der Waals surface area contributed by atoms with Crippen LogP contribution in [-0.2, 0) is 32.6 Å². The molecule has 0 aromatic heterocycles. The van der Waals surface area contributed by atoms with Crippen molar-refractivity contribution < 1.29 is 18.0 Å². The second kappa shape index (κ2) is 12.1. The van der Waals surface area contributed by atoms with Crippen LogP contribution in [0.5, 0.6) is 0 Å². The first-order chi connectivity index (χ1) is 19.8. The maximum Gasteiger partial charge on any atom is 0.265 e. The molecule has 2 amide bonds. The summed E-state index contributed by atoms with van der Waals surface area (Å²) in [7, 11) is -3.70. The molecule has 0 radical (unpaired) electrons. The van der Waals surface area contributed by atoms with E-state index >= 15 is 0 Å². The zero-order valence-corrected chi connectivity index (χ0v) is 24.2. The van der Waals surface area contributed by atoms with Gasteiger partial charge in [-0.2, -0.15) is 0 Å². The van der Waals surface area contributed by atoms with Crippen LogP contribution in [-0.4, -0.2) is 44.3 Å². The summed E-state index contributed by atoms with van der Waals surface area (Å²) in [6, 6.07) is 27.8. The van der Waals surface area contributed by atoms with Gasteiger partial charge >= 0.3 is 0 Å². The average molecular weight is 570 g/mol. The van der Waals surface area contributed by atoms with Crippen LogP contribution in [0.2, 0.25) is 0 Å². The average Bonchev–Trinajstić information content (AvgIpc) is 3.18. The second-order valence-electron chi connectivity index (χ2n) is 10.4. The molecule has 7 nitrogen and oxygen atoms in total. The van der Waals surface area contributed by atoms with Crippen LogP contribution in [0.25, 0.3) is 10.8 Å². The van der Waals surface area contributed by atoms with Crippen molar-refractivity contribution >= 4 is 38.3 Å². The predicted molar refractivity (Wildman–Crippen MR) is 162 cm³/mol. The molecule has 41 heavy (non-hydrogen) atoms. The molecular formula is C33H35N3O4S. The molecule has 4 aromatic rings. The van der Waals surface area contributed by atoms with Gasteiger partial charge in [0.1, 0.15) is 6.04 Å². The van der Waals surface area contributed by atoms with Crippen molar-refractivity contribution in [2.75, 3.05) is 17.4 Å². The van der Waals surface area contributed by atoms with Gasteiger partial charge in [0.15, 0.2) is 0 Å². The molecule has 1 atom stereocenters. The van der Waals surface area contributed by atoms with Crippen molar-refractivity contribution in [3.05, 3.63) is 108 Å². The molecule has 0 unspecified atom stereocenters. The molecule has 0 spiro atoms. The van der Waals surface area contributed by atoms with Crippen LogP contribution in [0.1, 0.15) is 36.5 Å². The molecule has 1 heterocycles. The van der Waals surface area contributed by atoms with Gasteiger partial charge in [0.2, 0.25) is 11.8 Å². The number of likely N-dealkylation sites (N-methyl/N-ethyl adjacent to an activating group) is 1. The summed E-state index contributed by atoms with van der Waals surface area (Å²) in [4.78, 5) is 29.2. The molecule has 4 aromatic carbocycles. The molecule has 0 bridgehead atoms. The van der Waals surface area contributed by atoms with Crippen LogP contribution in [0, 0.1) is 6.92 Å². The minimum Gasteiger partial charge on any atom is -0.355 e. The third-order valence-electron chi connectivity index (χ3n) is 7.49. The van der Waals surface area contributed by atoms with Gasteiger partial charge in [-0.3, -0.25) is 13.9 Å². The molecule has 8 heteroatoms. The monoisotopic (exact) mass is 569 g/mol. The van der Waals surface area contributed by atoms with Gasteiger partial charge < -0.3 is 10.2 Å². The summed E-state index contributed by atoms with van der Waals surface area (Å²) in [5, 5.41) is 4.51. The van der Waals surface area contributed by atoms with Crippen LogP contribution >= 0.6 is 0 Å². The number of carbonyl (C=O) groups is 2. The lowest BCUT2D eigenvalue weighted by atomic mass is 10.0. The van der Waals surface area contributed by atoms with Crippen molar-refractivity contribution in [2.24, 2.45) is 0 Å². The van der Waals surface area contributed by atoms with Gasteiger partial charge in [-0.25, -0.2) is 8.42 Å². The molecule has 212 valence electrons. The zero-order valence-electron chi connectivity index (χ0n) is 23.4. The third-order valence-corrected chi connectivity index (χ3v) is 9.35. The Labute approximate surface area is 241 Å². The van der Waals surface area contributed by atoms with Gasteiger partial charge in [-0.05, 0) is 48.9 Å². The number of nitrogens with zero attached hydrogens (tertiary/aromatic N) is 2. The van der Waals surface area contributed by atoms with E-state index in [9.17, 15) is 18.0 Å². The van der Waals surface area contributed by atoms with Crippen molar-refractivity contribution in [3.63, 3.8) is 0 Å². The fraction of sp³-hybridized carbons (Fsp3) is 0.273. The quantitative estimate of drug-likeness (QED) is 0.269. The number of hydrogen-bond donors (Lipinski definition) is 1. The normalized spacial score (nSPS) is 14.1. The lowest BCUT2D eigenvalue weighted by Gasteiger charge is -2.32. The molecule has 0 saturated heterocycles. The molecule has 0 aliphatic carbocycles. The van der Waals surface area contributed by atoms with E-state index in [-0.39, 0.29) is 31.3 Å². The molecule has 0 saturated carbocycles. The number of hydrogen-bond acceptors (Lipinski definition) is 4. The Morgan fingerprint density at radius 3 is 2.34 bits per heavy atom. The van der Waals surface area contributed by atoms with Crippen molar-refractivity contribution in [2.45, 2.75) is 50.6 Å². The van der Waals surface area contributed by atoms with Gasteiger partial charge in [0.05, 0.1) is 10.6 Å². The van der Waals surface area contributed by atoms with Gasteiger partial charge in [0, 0.05) is 37.9 Å². The minimum atomic E-state index is -3.70. The number of carbonyl (C=O) groups excluding carboxylic acids is 2. The number of benzene rings is 4. The summed E-state index contributed by atoms with van der Waals surface area (Å²) in [5.41, 5.74) is 3.61. The van der Waals surface area contributed by atoms with E-state index in [1.165, 1.54) is 4.31 Å². The van der Waals surface area contributed by atoms with E-state index in [0.717, 1.165) is 27.5 Å². The van der Waals surface area contributed by atoms with Crippen LogP contribution in [0.3, 0.4) is 0 Å². The lowest BCUT2D eigenvalue weighted by Crippen LogP contribution is -2.50. The van der Waals surface area contributed by atoms with Crippen LogP contribution in [0.15, 0.2) is 95.9 Å². The number of amides is 2. The first-order valence-electron chi connectivity index (χ1n) is 14.0. The number of anilines is 1. The van der Waals surface area contributed by atoms with Crippen molar-refractivity contribution in [3.8, 4) is 0 Å². The van der Waals surface area contributed by atoms with Gasteiger partial charge in [-0.15, -0.1) is 0 Å². The van der Waals surface area contributed by atoms with Gasteiger partial charge in [0.25, 0.3) is 10.0 Å². The standard InChI is InChI=1S/C33H35N3O4S/c1-3-34-33(38)29(22-25-12-5-4-6-13-25)35(23-26-14-7-11-24(2)21-26)31(37)19-10-20-36-28-17-8-15-27-16-9-18-30(32(27)28)41(36,39)40/h4-9,11-18,21,29H,3,10,19-20,22-23H2,1-2H3,(H,34,38)/t29-/m1/s1.